The molecule has 74 valence electrons. The van der Waals surface area contributed by atoms with Crippen LogP contribution in [0.15, 0.2) is 30.3 Å². The van der Waals surface area contributed by atoms with Crippen molar-refractivity contribution in [3.05, 3.63) is 25.3 Å². The Labute approximate surface area is 78.2 Å². The molecule has 1 N–H and O–H groups in total. The van der Waals surface area contributed by atoms with E-state index in [2.05, 4.69) is 18.2 Å². The first-order chi connectivity index (χ1) is 6.24. The Morgan fingerprint density at radius 2 is 2.23 bits per heavy atom. The van der Waals surface area contributed by atoms with Gasteiger partial charge in [-0.1, -0.05) is 19.2 Å². The highest BCUT2D eigenvalue weighted by Crippen LogP contribution is 1.93. The Balaban J connectivity index is 4.11. The number of rotatable bonds is 5. The van der Waals surface area contributed by atoms with Crippen molar-refractivity contribution in [2.24, 2.45) is 4.99 Å². The van der Waals surface area contributed by atoms with Gasteiger partial charge < -0.3 is 14.6 Å². The van der Waals surface area contributed by atoms with E-state index in [-0.39, 0.29) is 6.08 Å². The third-order valence-corrected chi connectivity index (χ3v) is 1.04. The van der Waals surface area contributed by atoms with Crippen LogP contribution in [0.25, 0.3) is 0 Å². The lowest BCUT2D eigenvalue weighted by Gasteiger charge is -2.08. The van der Waals surface area contributed by atoms with Crippen LogP contribution >= 0.6 is 0 Å². The van der Waals surface area contributed by atoms with Crippen LogP contribution in [-0.4, -0.2) is 30.6 Å². The maximum Gasteiger partial charge on any atom is 0.386 e. The van der Waals surface area contributed by atoms with Crippen LogP contribution in [0.2, 0.25) is 0 Å². The molecule has 0 aromatic carbocycles. The molecule has 0 spiro atoms. The van der Waals surface area contributed by atoms with Gasteiger partial charge in [-0.2, -0.15) is 4.99 Å². The molecule has 1 unspecified atom stereocenters. The van der Waals surface area contributed by atoms with Crippen molar-refractivity contribution in [1.82, 2.24) is 0 Å². The Kier molecular flexibility index (Phi) is 6.63. The summed E-state index contributed by atoms with van der Waals surface area (Å²) in [5.74, 6) is 0. The molecule has 0 radical (unpaired) electrons. The summed E-state index contributed by atoms with van der Waals surface area (Å²) < 4.78 is 9.99. The van der Waals surface area contributed by atoms with Crippen molar-refractivity contribution in [2.45, 2.75) is 13.2 Å². The summed E-state index contributed by atoms with van der Waals surface area (Å²) in [5.41, 5.74) is 0. The van der Waals surface area contributed by atoms with Gasteiger partial charge in [-0.15, -0.1) is 0 Å². The first-order valence-corrected chi connectivity index (χ1v) is 3.99. The molecule has 1 atom stereocenters. The summed E-state index contributed by atoms with van der Waals surface area (Å²) in [5, 5.41) is 9.06. The fourth-order valence-electron chi connectivity index (χ4n) is 0.531. The normalized spacial score (nSPS) is 13.2. The van der Waals surface area contributed by atoms with Crippen molar-refractivity contribution in [3.63, 3.8) is 0 Å². The molecule has 0 fully saturated rings. The van der Waals surface area contributed by atoms with Crippen LogP contribution in [0.4, 0.5) is 0 Å². The van der Waals surface area contributed by atoms with Crippen molar-refractivity contribution in [2.75, 3.05) is 13.2 Å². The minimum absolute atomic E-state index is 0.0507. The van der Waals surface area contributed by atoms with Gasteiger partial charge in [0.25, 0.3) is 0 Å². The summed E-state index contributed by atoms with van der Waals surface area (Å²) in [7, 11) is 0. The Bertz CT molecular complexity index is 189. The lowest BCUT2D eigenvalue weighted by Crippen LogP contribution is -2.13. The largest absolute Gasteiger partial charge is 0.451 e. The number of aliphatic hydroxyl groups is 1. The van der Waals surface area contributed by atoms with E-state index in [0.717, 1.165) is 0 Å². The van der Waals surface area contributed by atoms with Crippen LogP contribution < -0.4 is 0 Å². The predicted molar refractivity (Wildman–Crippen MR) is 51.4 cm³/mol. The standard InChI is InChI=1S/C9H15NO3/c1-4-7-13-9(12-6-3)10-8(11)5-2/h4-5,8,11H,1-2,6-7H2,3H3. The van der Waals surface area contributed by atoms with Gasteiger partial charge in [-0.25, -0.2) is 0 Å². The summed E-state index contributed by atoms with van der Waals surface area (Å²) >= 11 is 0. The zero-order chi connectivity index (χ0) is 10.1. The van der Waals surface area contributed by atoms with Gasteiger partial charge in [0.2, 0.25) is 0 Å². The van der Waals surface area contributed by atoms with E-state index < -0.39 is 6.23 Å². The highest BCUT2D eigenvalue weighted by atomic mass is 16.7. The van der Waals surface area contributed by atoms with Crippen molar-refractivity contribution in [1.29, 1.82) is 0 Å². The van der Waals surface area contributed by atoms with E-state index in [1.54, 1.807) is 13.0 Å². The van der Waals surface area contributed by atoms with Crippen molar-refractivity contribution >= 4 is 6.08 Å². The number of ether oxygens (including phenoxy) is 2. The van der Waals surface area contributed by atoms with Crippen LogP contribution in [0.1, 0.15) is 6.92 Å². The lowest BCUT2D eigenvalue weighted by atomic mass is 10.6. The Morgan fingerprint density at radius 3 is 2.69 bits per heavy atom. The summed E-state index contributed by atoms with van der Waals surface area (Å²) in [6, 6.07) is 0. The highest BCUT2D eigenvalue weighted by Gasteiger charge is 2.02. The summed E-state index contributed by atoms with van der Waals surface area (Å²) in [6.07, 6.45) is 1.90. The second kappa shape index (κ2) is 7.36. The van der Waals surface area contributed by atoms with E-state index in [4.69, 9.17) is 14.6 Å². The van der Waals surface area contributed by atoms with Crippen LogP contribution in [0.5, 0.6) is 0 Å². The topological polar surface area (TPSA) is 51.0 Å². The van der Waals surface area contributed by atoms with E-state index in [0.29, 0.717) is 13.2 Å². The fraction of sp³-hybridized carbons (Fsp3) is 0.444. The van der Waals surface area contributed by atoms with E-state index in [1.165, 1.54) is 6.08 Å². The number of aliphatic hydroxyl groups excluding tert-OH is 1. The molecule has 0 aromatic rings. The molecule has 0 rings (SSSR count). The SMILES string of the molecule is C=CCOC(=NC(O)C=C)OCC. The van der Waals surface area contributed by atoms with Gasteiger partial charge in [0, 0.05) is 0 Å². The average molecular weight is 185 g/mol. The number of hydrogen-bond donors (Lipinski definition) is 1. The molecular formula is C9H15NO3. The van der Waals surface area contributed by atoms with Crippen LogP contribution in [-0.2, 0) is 9.47 Å². The molecule has 0 bridgehead atoms. The number of hydrogen-bond acceptors (Lipinski definition) is 4. The Morgan fingerprint density at radius 1 is 1.54 bits per heavy atom. The summed E-state index contributed by atoms with van der Waals surface area (Å²) in [4.78, 5) is 3.68. The van der Waals surface area contributed by atoms with E-state index in [1.807, 2.05) is 0 Å². The molecule has 0 saturated carbocycles. The van der Waals surface area contributed by atoms with E-state index in [9.17, 15) is 0 Å². The van der Waals surface area contributed by atoms with Gasteiger partial charge in [-0.05, 0) is 13.0 Å². The van der Waals surface area contributed by atoms with Crippen molar-refractivity contribution < 1.29 is 14.6 Å². The zero-order valence-corrected chi connectivity index (χ0v) is 7.77. The van der Waals surface area contributed by atoms with E-state index >= 15 is 0 Å². The van der Waals surface area contributed by atoms with Crippen molar-refractivity contribution in [3.8, 4) is 0 Å². The number of nitrogens with zero attached hydrogens (tertiary/aromatic N) is 1. The fourth-order valence-corrected chi connectivity index (χ4v) is 0.531. The molecular weight excluding hydrogens is 170 g/mol. The molecule has 0 aliphatic heterocycles. The van der Waals surface area contributed by atoms with Gasteiger partial charge >= 0.3 is 6.08 Å². The van der Waals surface area contributed by atoms with Gasteiger partial charge in [0.15, 0.2) is 6.23 Å². The van der Waals surface area contributed by atoms with Crippen LogP contribution in [0, 0.1) is 0 Å². The first-order valence-electron chi connectivity index (χ1n) is 3.99. The quantitative estimate of drug-likeness (QED) is 0.396. The molecule has 0 heterocycles. The van der Waals surface area contributed by atoms with Gasteiger partial charge in [0.05, 0.1) is 6.61 Å². The summed E-state index contributed by atoms with van der Waals surface area (Å²) in [6.45, 7) is 9.36. The van der Waals surface area contributed by atoms with Crippen LogP contribution in [0.3, 0.4) is 0 Å². The predicted octanol–water partition coefficient (Wildman–Crippen LogP) is 1.09. The monoisotopic (exact) mass is 185 g/mol. The minimum Gasteiger partial charge on any atom is -0.451 e. The smallest absolute Gasteiger partial charge is 0.386 e. The minimum atomic E-state index is -0.994. The average Bonchev–Trinajstić information content (AvgIpc) is 2.14. The molecule has 4 heteroatoms. The molecule has 0 aliphatic rings. The second-order valence-electron chi connectivity index (χ2n) is 2.08. The first kappa shape index (κ1) is 11.7. The highest BCUT2D eigenvalue weighted by molar-refractivity contribution is 5.67. The Hall–Kier alpha value is -1.29. The van der Waals surface area contributed by atoms with Gasteiger partial charge in [0.1, 0.15) is 6.61 Å². The molecule has 0 saturated heterocycles. The third-order valence-electron chi connectivity index (χ3n) is 1.04. The molecule has 0 aliphatic carbocycles. The zero-order valence-electron chi connectivity index (χ0n) is 7.77. The maximum atomic E-state index is 9.06. The maximum absolute atomic E-state index is 9.06. The molecule has 0 aromatic heterocycles. The molecule has 13 heavy (non-hydrogen) atoms. The molecule has 4 nitrogen and oxygen atoms in total. The van der Waals surface area contributed by atoms with Gasteiger partial charge in [-0.3, -0.25) is 0 Å². The molecule has 0 amide bonds. The number of aliphatic imine (C=N–C) groups is 1. The lowest BCUT2D eigenvalue weighted by molar-refractivity contribution is 0.167. The third kappa shape index (κ3) is 5.93. The second-order valence-corrected chi connectivity index (χ2v) is 2.08.